The van der Waals surface area contributed by atoms with Crippen LogP contribution in [-0.4, -0.2) is 28.0 Å². The van der Waals surface area contributed by atoms with Gasteiger partial charge >= 0.3 is 5.97 Å². The van der Waals surface area contributed by atoms with E-state index in [-0.39, 0.29) is 17.9 Å². The minimum absolute atomic E-state index is 0.0231. The standard InChI is InChI=1S/C11H14N2O3S/c1-6-9(17-5-12-6)10(14)13-8-3-2-7(4-8)11(15)16/h5,7-8H,2-4H2,1H3,(H,13,14)(H,15,16)/t7-,8+/m1/s1. The molecule has 2 atom stereocenters. The molecule has 0 saturated heterocycles. The van der Waals surface area contributed by atoms with Crippen molar-refractivity contribution >= 4 is 23.2 Å². The van der Waals surface area contributed by atoms with Crippen molar-refractivity contribution in [1.29, 1.82) is 0 Å². The maximum absolute atomic E-state index is 11.9. The molecule has 17 heavy (non-hydrogen) atoms. The number of hydrogen-bond donors (Lipinski definition) is 2. The summed E-state index contributed by atoms with van der Waals surface area (Å²) in [5.74, 6) is -1.22. The number of aliphatic carboxylic acids is 1. The molecule has 1 aliphatic rings. The zero-order valence-corrected chi connectivity index (χ0v) is 10.3. The average molecular weight is 254 g/mol. The third-order valence-corrected chi connectivity index (χ3v) is 4.00. The van der Waals surface area contributed by atoms with E-state index >= 15 is 0 Å². The summed E-state index contributed by atoms with van der Waals surface area (Å²) in [6.07, 6.45) is 1.90. The SMILES string of the molecule is Cc1ncsc1C(=O)N[C@H]1CC[C@@H](C(=O)O)C1. The summed E-state index contributed by atoms with van der Waals surface area (Å²) in [5, 5.41) is 11.7. The molecule has 0 aromatic carbocycles. The van der Waals surface area contributed by atoms with Crippen molar-refractivity contribution in [3.63, 3.8) is 0 Å². The van der Waals surface area contributed by atoms with E-state index in [4.69, 9.17) is 5.11 Å². The Labute approximate surface area is 103 Å². The Kier molecular flexibility index (Phi) is 3.42. The zero-order valence-electron chi connectivity index (χ0n) is 9.47. The van der Waals surface area contributed by atoms with Crippen LogP contribution >= 0.6 is 11.3 Å². The van der Waals surface area contributed by atoms with Crippen molar-refractivity contribution in [2.45, 2.75) is 32.2 Å². The summed E-state index contributed by atoms with van der Waals surface area (Å²) in [6.45, 7) is 1.79. The monoisotopic (exact) mass is 254 g/mol. The highest BCUT2D eigenvalue weighted by Gasteiger charge is 2.31. The molecule has 2 rings (SSSR count). The van der Waals surface area contributed by atoms with Crippen LogP contribution in [0.25, 0.3) is 0 Å². The van der Waals surface area contributed by atoms with E-state index in [0.717, 1.165) is 12.1 Å². The van der Waals surface area contributed by atoms with Crippen molar-refractivity contribution < 1.29 is 14.7 Å². The number of aryl methyl sites for hydroxylation is 1. The van der Waals surface area contributed by atoms with Gasteiger partial charge in [0.05, 0.1) is 17.1 Å². The molecule has 0 spiro atoms. The third-order valence-electron chi connectivity index (χ3n) is 3.07. The van der Waals surface area contributed by atoms with Gasteiger partial charge in [-0.3, -0.25) is 9.59 Å². The number of hydrogen-bond acceptors (Lipinski definition) is 4. The molecule has 1 heterocycles. The molecule has 0 aliphatic heterocycles. The minimum atomic E-state index is -0.768. The lowest BCUT2D eigenvalue weighted by Crippen LogP contribution is -2.33. The fraction of sp³-hybridized carbons (Fsp3) is 0.545. The second kappa shape index (κ2) is 4.83. The number of carboxylic acids is 1. The van der Waals surface area contributed by atoms with Crippen LogP contribution < -0.4 is 5.32 Å². The number of carboxylic acid groups (broad SMARTS) is 1. The van der Waals surface area contributed by atoms with Gasteiger partial charge in [0.2, 0.25) is 0 Å². The van der Waals surface area contributed by atoms with Crippen LogP contribution in [0.15, 0.2) is 5.51 Å². The van der Waals surface area contributed by atoms with Crippen LogP contribution in [0.3, 0.4) is 0 Å². The zero-order chi connectivity index (χ0) is 12.4. The number of rotatable bonds is 3. The molecular weight excluding hydrogens is 240 g/mol. The first kappa shape index (κ1) is 12.0. The van der Waals surface area contributed by atoms with Gasteiger partial charge < -0.3 is 10.4 Å². The lowest BCUT2D eigenvalue weighted by molar-refractivity contribution is -0.141. The van der Waals surface area contributed by atoms with E-state index in [1.165, 1.54) is 11.3 Å². The van der Waals surface area contributed by atoms with Crippen LogP contribution in [-0.2, 0) is 4.79 Å². The van der Waals surface area contributed by atoms with Crippen LogP contribution in [0.4, 0.5) is 0 Å². The van der Waals surface area contributed by atoms with E-state index in [2.05, 4.69) is 10.3 Å². The van der Waals surface area contributed by atoms with E-state index < -0.39 is 5.97 Å². The molecule has 0 unspecified atom stereocenters. The summed E-state index contributed by atoms with van der Waals surface area (Å²) < 4.78 is 0. The second-order valence-corrected chi connectivity index (χ2v) is 5.14. The lowest BCUT2D eigenvalue weighted by Gasteiger charge is -2.11. The quantitative estimate of drug-likeness (QED) is 0.855. The molecule has 1 fully saturated rings. The lowest BCUT2D eigenvalue weighted by atomic mass is 10.1. The highest BCUT2D eigenvalue weighted by atomic mass is 32.1. The third kappa shape index (κ3) is 2.63. The molecule has 2 N–H and O–H groups in total. The predicted octanol–water partition coefficient (Wildman–Crippen LogP) is 1.43. The normalized spacial score (nSPS) is 23.6. The Balaban J connectivity index is 1.93. The van der Waals surface area contributed by atoms with Crippen molar-refractivity contribution in [3.8, 4) is 0 Å². The van der Waals surface area contributed by atoms with Gasteiger partial charge in [0.25, 0.3) is 5.91 Å². The number of carbonyl (C=O) groups excluding carboxylic acids is 1. The summed E-state index contributed by atoms with van der Waals surface area (Å²) in [5.41, 5.74) is 2.36. The van der Waals surface area contributed by atoms with Gasteiger partial charge in [-0.25, -0.2) is 4.98 Å². The fourth-order valence-electron chi connectivity index (χ4n) is 2.11. The van der Waals surface area contributed by atoms with Gasteiger partial charge in [0, 0.05) is 6.04 Å². The molecule has 1 saturated carbocycles. The summed E-state index contributed by atoms with van der Waals surface area (Å²) >= 11 is 1.31. The maximum atomic E-state index is 11.9. The number of aromatic nitrogens is 1. The first-order chi connectivity index (χ1) is 8.08. The number of carbonyl (C=O) groups is 2. The van der Waals surface area contributed by atoms with E-state index in [1.54, 1.807) is 12.4 Å². The number of thiazole rings is 1. The van der Waals surface area contributed by atoms with Gasteiger partial charge in [-0.15, -0.1) is 11.3 Å². The summed E-state index contributed by atoms with van der Waals surface area (Å²) in [4.78, 5) is 27.3. The molecular formula is C11H14N2O3S. The van der Waals surface area contributed by atoms with Gasteiger partial charge in [-0.2, -0.15) is 0 Å². The summed E-state index contributed by atoms with van der Waals surface area (Å²) in [7, 11) is 0. The Morgan fingerprint density at radius 3 is 2.82 bits per heavy atom. The molecule has 1 aromatic heterocycles. The largest absolute Gasteiger partial charge is 0.481 e. The molecule has 1 aromatic rings. The van der Waals surface area contributed by atoms with Gasteiger partial charge in [-0.1, -0.05) is 0 Å². The topological polar surface area (TPSA) is 79.3 Å². The molecule has 1 amide bonds. The Bertz CT molecular complexity index is 444. The van der Waals surface area contributed by atoms with Gasteiger partial charge in [-0.05, 0) is 26.2 Å². The molecule has 6 heteroatoms. The highest BCUT2D eigenvalue weighted by molar-refractivity contribution is 7.11. The van der Waals surface area contributed by atoms with E-state index in [1.807, 2.05) is 0 Å². The average Bonchev–Trinajstić information content (AvgIpc) is 2.86. The van der Waals surface area contributed by atoms with Crippen molar-refractivity contribution in [2.24, 2.45) is 5.92 Å². The number of nitrogens with one attached hydrogen (secondary N) is 1. The smallest absolute Gasteiger partial charge is 0.306 e. The Morgan fingerprint density at radius 1 is 1.53 bits per heavy atom. The van der Waals surface area contributed by atoms with Gasteiger partial charge in [0.1, 0.15) is 4.88 Å². The molecule has 0 bridgehead atoms. The van der Waals surface area contributed by atoms with Crippen LogP contribution in [0.5, 0.6) is 0 Å². The molecule has 1 aliphatic carbocycles. The van der Waals surface area contributed by atoms with E-state index in [9.17, 15) is 9.59 Å². The second-order valence-electron chi connectivity index (χ2n) is 4.29. The number of amides is 1. The van der Waals surface area contributed by atoms with Crippen molar-refractivity contribution in [3.05, 3.63) is 16.1 Å². The number of nitrogens with zero attached hydrogens (tertiary/aromatic N) is 1. The van der Waals surface area contributed by atoms with E-state index in [0.29, 0.717) is 17.7 Å². The van der Waals surface area contributed by atoms with Crippen LogP contribution in [0.2, 0.25) is 0 Å². The van der Waals surface area contributed by atoms with Gasteiger partial charge in [0.15, 0.2) is 0 Å². The molecule has 92 valence electrons. The first-order valence-corrected chi connectivity index (χ1v) is 6.39. The van der Waals surface area contributed by atoms with Crippen LogP contribution in [0.1, 0.15) is 34.6 Å². The predicted molar refractivity (Wildman–Crippen MR) is 63.1 cm³/mol. The molecule has 0 radical (unpaired) electrons. The minimum Gasteiger partial charge on any atom is -0.481 e. The van der Waals surface area contributed by atoms with Crippen LogP contribution in [0, 0.1) is 12.8 Å². The maximum Gasteiger partial charge on any atom is 0.306 e. The van der Waals surface area contributed by atoms with Crippen molar-refractivity contribution in [2.75, 3.05) is 0 Å². The fourth-order valence-corrected chi connectivity index (χ4v) is 2.81. The Morgan fingerprint density at radius 2 is 2.29 bits per heavy atom. The Hall–Kier alpha value is -1.43. The summed E-state index contributed by atoms with van der Waals surface area (Å²) in [6, 6.07) is -0.0231. The van der Waals surface area contributed by atoms with Crippen molar-refractivity contribution in [1.82, 2.24) is 10.3 Å². The first-order valence-electron chi connectivity index (χ1n) is 5.51. The molecule has 5 nitrogen and oxygen atoms in total. The highest BCUT2D eigenvalue weighted by Crippen LogP contribution is 2.26.